The van der Waals surface area contributed by atoms with Crippen LogP contribution in [0, 0.1) is 17.1 Å². The second-order valence-corrected chi connectivity index (χ2v) is 6.72. The minimum Gasteiger partial charge on any atom is -0.488 e. The standard InChI is InChI=1S/C20H18BrFN2O2/c1-13(2)24-20(25)16(11-23)9-14-7-8-19(17(21)10-14)26-12-15-5-3-4-6-18(15)22/h3-10,13H,12H2,1-2H3,(H,24,25)/b16-9-. The van der Waals surface area contributed by atoms with E-state index in [1.807, 2.05) is 19.9 Å². The number of benzene rings is 2. The van der Waals surface area contributed by atoms with Crippen molar-refractivity contribution in [3.63, 3.8) is 0 Å². The first-order valence-corrected chi connectivity index (χ1v) is 8.78. The Morgan fingerprint density at radius 2 is 2.08 bits per heavy atom. The van der Waals surface area contributed by atoms with Gasteiger partial charge < -0.3 is 10.1 Å². The lowest BCUT2D eigenvalue weighted by molar-refractivity contribution is -0.117. The molecule has 0 unspecified atom stereocenters. The average molecular weight is 417 g/mol. The zero-order valence-electron chi connectivity index (χ0n) is 14.4. The summed E-state index contributed by atoms with van der Waals surface area (Å²) in [6.45, 7) is 3.75. The first-order valence-electron chi connectivity index (χ1n) is 7.99. The van der Waals surface area contributed by atoms with E-state index in [0.29, 0.717) is 21.3 Å². The number of carbonyl (C=O) groups is 1. The highest BCUT2D eigenvalue weighted by atomic mass is 79.9. The first-order chi connectivity index (χ1) is 12.4. The molecule has 2 rings (SSSR count). The quantitative estimate of drug-likeness (QED) is 0.552. The molecule has 0 fully saturated rings. The number of carbonyl (C=O) groups excluding carboxylic acids is 1. The molecule has 0 radical (unpaired) electrons. The number of nitriles is 1. The molecule has 0 spiro atoms. The highest BCUT2D eigenvalue weighted by Gasteiger charge is 2.11. The van der Waals surface area contributed by atoms with Gasteiger partial charge in [0.2, 0.25) is 0 Å². The summed E-state index contributed by atoms with van der Waals surface area (Å²) in [6, 6.07) is 13.4. The fourth-order valence-electron chi connectivity index (χ4n) is 2.15. The van der Waals surface area contributed by atoms with E-state index in [4.69, 9.17) is 4.74 Å². The van der Waals surface area contributed by atoms with Crippen molar-refractivity contribution < 1.29 is 13.9 Å². The minimum atomic E-state index is -0.418. The minimum absolute atomic E-state index is 0.0191. The van der Waals surface area contributed by atoms with E-state index in [2.05, 4.69) is 21.2 Å². The lowest BCUT2D eigenvalue weighted by atomic mass is 10.1. The molecule has 0 heterocycles. The van der Waals surface area contributed by atoms with Gasteiger partial charge in [0.05, 0.1) is 4.47 Å². The molecule has 0 aliphatic heterocycles. The molecule has 26 heavy (non-hydrogen) atoms. The van der Waals surface area contributed by atoms with E-state index in [0.717, 1.165) is 0 Å². The van der Waals surface area contributed by atoms with E-state index in [-0.39, 0.29) is 24.0 Å². The Morgan fingerprint density at radius 1 is 1.35 bits per heavy atom. The van der Waals surface area contributed by atoms with Gasteiger partial charge in [-0.3, -0.25) is 4.79 Å². The monoisotopic (exact) mass is 416 g/mol. The first kappa shape index (κ1) is 19.7. The van der Waals surface area contributed by atoms with Crippen LogP contribution in [0.4, 0.5) is 4.39 Å². The zero-order valence-corrected chi connectivity index (χ0v) is 16.0. The van der Waals surface area contributed by atoms with Gasteiger partial charge in [-0.2, -0.15) is 5.26 Å². The third kappa shape index (κ3) is 5.43. The number of hydrogen-bond donors (Lipinski definition) is 1. The normalized spacial score (nSPS) is 11.2. The second kappa shape index (κ2) is 9.16. The van der Waals surface area contributed by atoms with Gasteiger partial charge in [0, 0.05) is 11.6 Å². The summed E-state index contributed by atoms with van der Waals surface area (Å²) in [5.74, 6) is -0.202. The molecule has 0 saturated carbocycles. The molecule has 1 N–H and O–H groups in total. The van der Waals surface area contributed by atoms with Crippen molar-refractivity contribution in [3.8, 4) is 11.8 Å². The van der Waals surface area contributed by atoms with Gasteiger partial charge >= 0.3 is 0 Å². The fourth-order valence-corrected chi connectivity index (χ4v) is 2.66. The topological polar surface area (TPSA) is 62.1 Å². The highest BCUT2D eigenvalue weighted by molar-refractivity contribution is 9.10. The number of hydrogen-bond acceptors (Lipinski definition) is 3. The van der Waals surface area contributed by atoms with Gasteiger partial charge in [-0.05, 0) is 59.6 Å². The Kier molecular flexibility index (Phi) is 6.93. The van der Waals surface area contributed by atoms with Crippen LogP contribution in [0.3, 0.4) is 0 Å². The predicted octanol–water partition coefficient (Wildman–Crippen LogP) is 4.60. The number of nitrogens with one attached hydrogen (secondary N) is 1. The summed E-state index contributed by atoms with van der Waals surface area (Å²) >= 11 is 3.40. The molecule has 0 bridgehead atoms. The molecule has 134 valence electrons. The number of nitrogens with zero attached hydrogens (tertiary/aromatic N) is 1. The van der Waals surface area contributed by atoms with Crippen molar-refractivity contribution in [2.75, 3.05) is 0 Å². The predicted molar refractivity (Wildman–Crippen MR) is 102 cm³/mol. The molecule has 0 aliphatic rings. The Bertz CT molecular complexity index is 872. The Hall–Kier alpha value is -2.65. The lowest BCUT2D eigenvalue weighted by Crippen LogP contribution is -2.30. The molecule has 1 amide bonds. The van der Waals surface area contributed by atoms with E-state index in [1.165, 1.54) is 12.1 Å². The van der Waals surface area contributed by atoms with Crippen molar-refractivity contribution in [3.05, 3.63) is 69.5 Å². The fraction of sp³-hybridized carbons (Fsp3) is 0.200. The maximum absolute atomic E-state index is 13.6. The van der Waals surface area contributed by atoms with Crippen LogP contribution in [0.15, 0.2) is 52.5 Å². The second-order valence-electron chi connectivity index (χ2n) is 5.87. The average Bonchev–Trinajstić information content (AvgIpc) is 2.59. The van der Waals surface area contributed by atoms with E-state index >= 15 is 0 Å². The van der Waals surface area contributed by atoms with Crippen LogP contribution in [0.5, 0.6) is 5.75 Å². The summed E-state index contributed by atoms with van der Waals surface area (Å²) in [5, 5.41) is 11.9. The van der Waals surface area contributed by atoms with Crippen molar-refractivity contribution in [2.45, 2.75) is 26.5 Å². The van der Waals surface area contributed by atoms with Gasteiger partial charge in [-0.25, -0.2) is 4.39 Å². The zero-order chi connectivity index (χ0) is 19.1. The number of ether oxygens (including phenoxy) is 1. The maximum Gasteiger partial charge on any atom is 0.262 e. The van der Waals surface area contributed by atoms with Crippen LogP contribution in [0.2, 0.25) is 0 Å². The molecule has 2 aromatic rings. The molecule has 6 heteroatoms. The molecule has 0 aliphatic carbocycles. The summed E-state index contributed by atoms with van der Waals surface area (Å²) in [7, 11) is 0. The molecule has 0 saturated heterocycles. The molecule has 0 atom stereocenters. The number of amides is 1. The van der Waals surface area contributed by atoms with Crippen LogP contribution in [0.25, 0.3) is 6.08 Å². The van der Waals surface area contributed by atoms with Crippen LogP contribution >= 0.6 is 15.9 Å². The molecule has 4 nitrogen and oxygen atoms in total. The van der Waals surface area contributed by atoms with Crippen molar-refractivity contribution in [1.82, 2.24) is 5.32 Å². The van der Waals surface area contributed by atoms with Gasteiger partial charge in [0.15, 0.2) is 0 Å². The van der Waals surface area contributed by atoms with Crippen LogP contribution in [-0.4, -0.2) is 11.9 Å². The third-order valence-corrected chi connectivity index (χ3v) is 4.01. The molecule has 2 aromatic carbocycles. The molecule has 0 aromatic heterocycles. The van der Waals surface area contributed by atoms with Crippen LogP contribution in [0.1, 0.15) is 25.0 Å². The van der Waals surface area contributed by atoms with E-state index in [9.17, 15) is 14.4 Å². The largest absolute Gasteiger partial charge is 0.488 e. The maximum atomic E-state index is 13.6. The SMILES string of the molecule is CC(C)NC(=O)/C(C#N)=C\c1ccc(OCc2ccccc2F)c(Br)c1. The Labute approximate surface area is 160 Å². The van der Waals surface area contributed by atoms with Crippen LogP contribution < -0.4 is 10.1 Å². The van der Waals surface area contributed by atoms with Crippen molar-refractivity contribution in [1.29, 1.82) is 5.26 Å². The van der Waals surface area contributed by atoms with E-state index in [1.54, 1.807) is 36.4 Å². The number of halogens is 2. The van der Waals surface area contributed by atoms with Crippen molar-refractivity contribution in [2.24, 2.45) is 0 Å². The van der Waals surface area contributed by atoms with Gasteiger partial charge in [0.25, 0.3) is 5.91 Å². The summed E-state index contributed by atoms with van der Waals surface area (Å²) in [6.07, 6.45) is 1.50. The van der Waals surface area contributed by atoms with Gasteiger partial charge in [0.1, 0.15) is 29.8 Å². The van der Waals surface area contributed by atoms with E-state index < -0.39 is 5.91 Å². The summed E-state index contributed by atoms with van der Waals surface area (Å²) in [4.78, 5) is 12.0. The van der Waals surface area contributed by atoms with Crippen LogP contribution in [-0.2, 0) is 11.4 Å². The smallest absolute Gasteiger partial charge is 0.262 e. The summed E-state index contributed by atoms with van der Waals surface area (Å²) < 4.78 is 19.9. The summed E-state index contributed by atoms with van der Waals surface area (Å²) in [5.41, 5.74) is 1.15. The van der Waals surface area contributed by atoms with Crippen molar-refractivity contribution >= 4 is 27.9 Å². The highest BCUT2D eigenvalue weighted by Crippen LogP contribution is 2.28. The molecular weight excluding hydrogens is 399 g/mol. The lowest BCUT2D eigenvalue weighted by Gasteiger charge is -2.10. The number of rotatable bonds is 6. The Morgan fingerprint density at radius 3 is 2.69 bits per heavy atom. The van der Waals surface area contributed by atoms with Gasteiger partial charge in [-0.1, -0.05) is 24.3 Å². The Balaban J connectivity index is 2.13. The molecular formula is C20H18BrFN2O2. The van der Waals surface area contributed by atoms with Gasteiger partial charge in [-0.15, -0.1) is 0 Å². The third-order valence-electron chi connectivity index (χ3n) is 3.39.